The first-order valence-corrected chi connectivity index (χ1v) is 5.46. The summed E-state index contributed by atoms with van der Waals surface area (Å²) in [5, 5.41) is 0. The average Bonchev–Trinajstić information content (AvgIpc) is 2.28. The lowest BCUT2D eigenvalue weighted by Crippen LogP contribution is -2.40. The van der Waals surface area contributed by atoms with E-state index in [1.165, 1.54) is 13.0 Å². The van der Waals surface area contributed by atoms with Crippen LogP contribution in [0.4, 0.5) is 4.39 Å². The SMILES string of the molecule is CC1(F)C(c2ccccc2)=CC=CC1C(N)=O. The fourth-order valence-electron chi connectivity index (χ4n) is 2.13. The number of carbonyl (C=O) groups is 1. The minimum absolute atomic E-state index is 0.490. The van der Waals surface area contributed by atoms with Crippen LogP contribution in [0.25, 0.3) is 5.57 Å². The lowest BCUT2D eigenvalue weighted by atomic mass is 9.77. The summed E-state index contributed by atoms with van der Waals surface area (Å²) in [7, 11) is 0. The van der Waals surface area contributed by atoms with Crippen molar-refractivity contribution in [2.24, 2.45) is 11.7 Å². The Morgan fingerprint density at radius 2 is 2.00 bits per heavy atom. The van der Waals surface area contributed by atoms with E-state index in [-0.39, 0.29) is 0 Å². The van der Waals surface area contributed by atoms with Gasteiger partial charge in [0.1, 0.15) is 5.67 Å². The molecule has 2 nitrogen and oxygen atoms in total. The second kappa shape index (κ2) is 4.17. The minimum atomic E-state index is -1.76. The van der Waals surface area contributed by atoms with E-state index in [9.17, 15) is 9.18 Å². The second-order valence-electron chi connectivity index (χ2n) is 4.29. The molecule has 0 fully saturated rings. The van der Waals surface area contributed by atoms with Crippen molar-refractivity contribution in [3.05, 3.63) is 54.1 Å². The van der Waals surface area contributed by atoms with Crippen LogP contribution in [0.2, 0.25) is 0 Å². The van der Waals surface area contributed by atoms with Gasteiger partial charge in [0, 0.05) is 0 Å². The van der Waals surface area contributed by atoms with E-state index in [4.69, 9.17) is 5.73 Å². The van der Waals surface area contributed by atoms with Crippen molar-refractivity contribution < 1.29 is 9.18 Å². The standard InChI is InChI=1S/C14H14FNO/c1-14(15)11(10-6-3-2-4-7-10)8-5-9-12(14)13(16)17/h2-9,12H,1H3,(H2,16,17). The molecule has 0 heterocycles. The third kappa shape index (κ3) is 2.00. The zero-order valence-corrected chi connectivity index (χ0v) is 9.56. The number of carbonyl (C=O) groups excluding carboxylic acids is 1. The van der Waals surface area contributed by atoms with Gasteiger partial charge in [-0.25, -0.2) is 4.39 Å². The summed E-state index contributed by atoms with van der Waals surface area (Å²) in [4.78, 5) is 11.3. The maximum atomic E-state index is 14.7. The van der Waals surface area contributed by atoms with Gasteiger partial charge in [0.15, 0.2) is 0 Å². The summed E-state index contributed by atoms with van der Waals surface area (Å²) in [6, 6.07) is 9.18. The monoisotopic (exact) mass is 231 g/mol. The number of allylic oxidation sites excluding steroid dienone is 3. The van der Waals surface area contributed by atoms with Crippen molar-refractivity contribution >= 4 is 11.5 Å². The maximum Gasteiger partial charge on any atom is 0.227 e. The Bertz CT molecular complexity index is 488. The number of hydrogen-bond acceptors (Lipinski definition) is 1. The third-order valence-corrected chi connectivity index (χ3v) is 3.07. The van der Waals surface area contributed by atoms with Crippen LogP contribution in [-0.4, -0.2) is 11.6 Å². The highest BCUT2D eigenvalue weighted by Crippen LogP contribution is 2.40. The summed E-state index contributed by atoms with van der Waals surface area (Å²) in [6.45, 7) is 1.39. The topological polar surface area (TPSA) is 43.1 Å². The Hall–Kier alpha value is -1.90. The summed E-state index contributed by atoms with van der Waals surface area (Å²) in [5.74, 6) is -1.56. The van der Waals surface area contributed by atoms with E-state index in [0.29, 0.717) is 5.57 Å². The summed E-state index contributed by atoms with van der Waals surface area (Å²) in [6.07, 6.45) is 4.88. The maximum absolute atomic E-state index is 14.7. The largest absolute Gasteiger partial charge is 0.369 e. The van der Waals surface area contributed by atoms with Crippen molar-refractivity contribution in [1.29, 1.82) is 0 Å². The number of alkyl halides is 1. The highest BCUT2D eigenvalue weighted by molar-refractivity contribution is 5.87. The molecule has 1 aliphatic carbocycles. The molecule has 0 saturated heterocycles. The van der Waals surface area contributed by atoms with E-state index in [0.717, 1.165) is 5.56 Å². The molecular weight excluding hydrogens is 217 g/mol. The Kier molecular flexibility index (Phi) is 2.84. The molecule has 1 amide bonds. The first-order chi connectivity index (χ1) is 8.03. The molecule has 0 saturated carbocycles. The number of halogens is 1. The first-order valence-electron chi connectivity index (χ1n) is 5.46. The predicted molar refractivity (Wildman–Crippen MR) is 65.8 cm³/mol. The molecule has 88 valence electrons. The number of rotatable bonds is 2. The van der Waals surface area contributed by atoms with Crippen LogP contribution in [0.5, 0.6) is 0 Å². The van der Waals surface area contributed by atoms with Crippen molar-refractivity contribution in [1.82, 2.24) is 0 Å². The van der Waals surface area contributed by atoms with Crippen LogP contribution in [-0.2, 0) is 4.79 Å². The van der Waals surface area contributed by atoms with E-state index in [1.807, 2.05) is 30.3 Å². The van der Waals surface area contributed by atoms with Crippen molar-refractivity contribution in [3.8, 4) is 0 Å². The first kappa shape index (κ1) is 11.6. The van der Waals surface area contributed by atoms with Gasteiger partial charge < -0.3 is 5.73 Å². The summed E-state index contributed by atoms with van der Waals surface area (Å²) < 4.78 is 14.7. The number of hydrogen-bond donors (Lipinski definition) is 1. The Labute approximate surface area is 99.6 Å². The molecule has 1 aromatic carbocycles. The van der Waals surface area contributed by atoms with Gasteiger partial charge in [0.25, 0.3) is 0 Å². The lowest BCUT2D eigenvalue weighted by Gasteiger charge is -2.31. The fourth-order valence-corrected chi connectivity index (χ4v) is 2.13. The van der Waals surface area contributed by atoms with Gasteiger partial charge in [-0.2, -0.15) is 0 Å². The summed E-state index contributed by atoms with van der Waals surface area (Å²) in [5.41, 5.74) is 4.73. The molecule has 2 N–H and O–H groups in total. The zero-order chi connectivity index (χ0) is 12.5. The number of primary amides is 1. The summed E-state index contributed by atoms with van der Waals surface area (Å²) >= 11 is 0. The van der Waals surface area contributed by atoms with Gasteiger partial charge in [0.2, 0.25) is 5.91 Å². The van der Waals surface area contributed by atoms with Gasteiger partial charge in [0.05, 0.1) is 5.92 Å². The fraction of sp³-hybridized carbons (Fsp3) is 0.214. The van der Waals surface area contributed by atoms with E-state index in [1.54, 1.807) is 12.2 Å². The van der Waals surface area contributed by atoms with Crippen LogP contribution in [0, 0.1) is 5.92 Å². The van der Waals surface area contributed by atoms with E-state index in [2.05, 4.69) is 0 Å². The molecule has 17 heavy (non-hydrogen) atoms. The third-order valence-electron chi connectivity index (χ3n) is 3.07. The van der Waals surface area contributed by atoms with Gasteiger partial charge in [-0.3, -0.25) is 4.79 Å². The molecule has 0 radical (unpaired) electrons. The van der Waals surface area contributed by atoms with Crippen molar-refractivity contribution in [2.75, 3.05) is 0 Å². The number of nitrogens with two attached hydrogens (primary N) is 1. The number of amides is 1. The quantitative estimate of drug-likeness (QED) is 0.834. The predicted octanol–water partition coefficient (Wildman–Crippen LogP) is 2.47. The molecule has 2 atom stereocenters. The van der Waals surface area contributed by atoms with Crippen LogP contribution in [0.1, 0.15) is 12.5 Å². The van der Waals surface area contributed by atoms with Crippen LogP contribution < -0.4 is 5.73 Å². The van der Waals surface area contributed by atoms with E-state index >= 15 is 0 Å². The van der Waals surface area contributed by atoms with Gasteiger partial charge >= 0.3 is 0 Å². The van der Waals surface area contributed by atoms with Gasteiger partial charge in [-0.05, 0) is 18.1 Å². The average molecular weight is 231 g/mol. The normalized spacial score (nSPS) is 27.6. The molecule has 2 unspecified atom stereocenters. The molecule has 0 aromatic heterocycles. The van der Waals surface area contributed by atoms with Crippen molar-refractivity contribution in [3.63, 3.8) is 0 Å². The molecule has 1 aromatic rings. The molecule has 3 heteroatoms. The van der Waals surface area contributed by atoms with Crippen LogP contribution in [0.15, 0.2) is 48.6 Å². The molecule has 0 bridgehead atoms. The smallest absolute Gasteiger partial charge is 0.227 e. The van der Waals surface area contributed by atoms with Crippen LogP contribution in [0.3, 0.4) is 0 Å². The Morgan fingerprint density at radius 3 is 2.59 bits per heavy atom. The Morgan fingerprint density at radius 1 is 1.35 bits per heavy atom. The van der Waals surface area contributed by atoms with Crippen LogP contribution >= 0.6 is 0 Å². The zero-order valence-electron chi connectivity index (χ0n) is 9.56. The lowest BCUT2D eigenvalue weighted by molar-refractivity contribution is -0.123. The highest BCUT2D eigenvalue weighted by Gasteiger charge is 2.41. The number of benzene rings is 1. The molecule has 0 spiro atoms. The van der Waals surface area contributed by atoms with Crippen molar-refractivity contribution in [2.45, 2.75) is 12.6 Å². The van der Waals surface area contributed by atoms with E-state index < -0.39 is 17.5 Å². The molecule has 1 aliphatic rings. The Balaban J connectivity index is 2.45. The highest BCUT2D eigenvalue weighted by atomic mass is 19.1. The molecule has 2 rings (SSSR count). The second-order valence-corrected chi connectivity index (χ2v) is 4.29. The minimum Gasteiger partial charge on any atom is -0.369 e. The van der Waals surface area contributed by atoms with Gasteiger partial charge in [-0.15, -0.1) is 0 Å². The molecule has 0 aliphatic heterocycles. The molecular formula is C14H14FNO. The van der Waals surface area contributed by atoms with Gasteiger partial charge in [-0.1, -0.05) is 48.6 Å².